The highest BCUT2D eigenvalue weighted by Crippen LogP contribution is 2.18. The van der Waals surface area contributed by atoms with Crippen molar-refractivity contribution in [3.05, 3.63) is 30.6 Å². The highest BCUT2D eigenvalue weighted by molar-refractivity contribution is 5.55. The van der Waals surface area contributed by atoms with Crippen LogP contribution in [0.2, 0.25) is 0 Å². The van der Waals surface area contributed by atoms with E-state index in [0.717, 1.165) is 37.8 Å². The molecule has 0 radical (unpaired) electrons. The van der Waals surface area contributed by atoms with Gasteiger partial charge in [-0.25, -0.2) is 9.97 Å². The molecule has 1 N–H and O–H groups in total. The number of anilines is 3. The third-order valence-electron chi connectivity index (χ3n) is 3.18. The molecule has 2 aromatic heterocycles. The summed E-state index contributed by atoms with van der Waals surface area (Å²) in [6, 6.07) is 5.64. The van der Waals surface area contributed by atoms with Gasteiger partial charge in [0.25, 0.3) is 0 Å². The quantitative estimate of drug-likeness (QED) is 0.912. The predicted molar refractivity (Wildman–Crippen MR) is 79.1 cm³/mol. The first-order valence-electron chi connectivity index (χ1n) is 6.78. The Bertz CT molecular complexity index is 584. The molecule has 1 fully saturated rings. The van der Waals surface area contributed by atoms with Gasteiger partial charge in [0.05, 0.1) is 32.2 Å². The second-order valence-electron chi connectivity index (χ2n) is 4.55. The van der Waals surface area contributed by atoms with Gasteiger partial charge in [0, 0.05) is 25.4 Å². The second kappa shape index (κ2) is 6.36. The van der Waals surface area contributed by atoms with Crippen molar-refractivity contribution >= 4 is 17.5 Å². The highest BCUT2D eigenvalue weighted by atomic mass is 16.5. The van der Waals surface area contributed by atoms with Crippen molar-refractivity contribution in [3.63, 3.8) is 0 Å². The van der Waals surface area contributed by atoms with Crippen molar-refractivity contribution < 1.29 is 9.47 Å². The van der Waals surface area contributed by atoms with E-state index in [1.807, 2.05) is 12.1 Å². The Morgan fingerprint density at radius 1 is 1.19 bits per heavy atom. The fraction of sp³-hybridized carbons (Fsp3) is 0.357. The van der Waals surface area contributed by atoms with E-state index in [2.05, 4.69) is 25.2 Å². The number of hydrogen-bond acceptors (Lipinski definition) is 7. The second-order valence-corrected chi connectivity index (χ2v) is 4.55. The zero-order chi connectivity index (χ0) is 14.5. The highest BCUT2D eigenvalue weighted by Gasteiger charge is 2.12. The number of nitrogens with zero attached hydrogens (tertiary/aromatic N) is 4. The molecule has 0 amide bonds. The van der Waals surface area contributed by atoms with E-state index < -0.39 is 0 Å². The van der Waals surface area contributed by atoms with E-state index in [4.69, 9.17) is 9.47 Å². The van der Waals surface area contributed by atoms with Crippen molar-refractivity contribution in [1.82, 2.24) is 15.0 Å². The Labute approximate surface area is 123 Å². The number of hydrogen-bond donors (Lipinski definition) is 1. The summed E-state index contributed by atoms with van der Waals surface area (Å²) in [5.74, 6) is 1.95. The topological polar surface area (TPSA) is 72.4 Å². The van der Waals surface area contributed by atoms with Crippen LogP contribution in [0.5, 0.6) is 5.88 Å². The van der Waals surface area contributed by atoms with E-state index in [1.54, 1.807) is 25.6 Å². The maximum Gasteiger partial charge on any atom is 0.230 e. The monoisotopic (exact) mass is 287 g/mol. The number of ether oxygens (including phenoxy) is 2. The van der Waals surface area contributed by atoms with Gasteiger partial charge in [-0.2, -0.15) is 4.98 Å². The Morgan fingerprint density at radius 2 is 2.05 bits per heavy atom. The van der Waals surface area contributed by atoms with Gasteiger partial charge < -0.3 is 19.7 Å². The van der Waals surface area contributed by atoms with Crippen LogP contribution in [0.4, 0.5) is 17.5 Å². The Kier molecular flexibility index (Phi) is 4.11. The molecular weight excluding hydrogens is 270 g/mol. The smallest absolute Gasteiger partial charge is 0.230 e. The van der Waals surface area contributed by atoms with Crippen LogP contribution >= 0.6 is 0 Å². The van der Waals surface area contributed by atoms with Gasteiger partial charge in [0.2, 0.25) is 11.8 Å². The molecule has 110 valence electrons. The number of methoxy groups -OCH3 is 1. The number of rotatable bonds is 4. The minimum Gasteiger partial charge on any atom is -0.481 e. The first-order valence-corrected chi connectivity index (χ1v) is 6.78. The molecular formula is C14H17N5O2. The average molecular weight is 287 g/mol. The molecule has 3 heterocycles. The van der Waals surface area contributed by atoms with E-state index in [-0.39, 0.29) is 0 Å². The van der Waals surface area contributed by atoms with Gasteiger partial charge in [-0.3, -0.25) is 0 Å². The van der Waals surface area contributed by atoms with Crippen LogP contribution in [0.1, 0.15) is 0 Å². The Morgan fingerprint density at radius 3 is 2.76 bits per heavy atom. The molecule has 0 unspecified atom stereocenters. The lowest BCUT2D eigenvalue weighted by Crippen LogP contribution is -2.36. The van der Waals surface area contributed by atoms with Crippen molar-refractivity contribution in [2.75, 3.05) is 43.6 Å². The van der Waals surface area contributed by atoms with Gasteiger partial charge in [-0.1, -0.05) is 0 Å². The lowest BCUT2D eigenvalue weighted by atomic mass is 10.3. The van der Waals surface area contributed by atoms with Gasteiger partial charge >= 0.3 is 0 Å². The van der Waals surface area contributed by atoms with Crippen LogP contribution in [0.25, 0.3) is 0 Å². The first kappa shape index (κ1) is 13.6. The standard InChI is InChI=1S/C14H17N5O2/c1-20-13-4-5-15-14(18-13)17-11-2-3-12(16-10-11)19-6-8-21-9-7-19/h2-5,10H,6-9H2,1H3,(H,15,17,18). The number of aromatic nitrogens is 3. The lowest BCUT2D eigenvalue weighted by molar-refractivity contribution is 0.122. The van der Waals surface area contributed by atoms with Crippen LogP contribution in [0.15, 0.2) is 30.6 Å². The first-order chi connectivity index (χ1) is 10.3. The largest absolute Gasteiger partial charge is 0.481 e. The molecule has 7 heteroatoms. The van der Waals surface area contributed by atoms with E-state index in [0.29, 0.717) is 11.8 Å². The maximum absolute atomic E-state index is 5.34. The Balaban J connectivity index is 1.68. The normalized spacial score (nSPS) is 14.8. The third kappa shape index (κ3) is 3.38. The zero-order valence-electron chi connectivity index (χ0n) is 11.8. The molecule has 2 aromatic rings. The molecule has 3 rings (SSSR count). The van der Waals surface area contributed by atoms with Crippen molar-refractivity contribution in [2.24, 2.45) is 0 Å². The van der Waals surface area contributed by atoms with Crippen LogP contribution < -0.4 is 15.0 Å². The molecule has 0 spiro atoms. The van der Waals surface area contributed by atoms with Crippen molar-refractivity contribution in [2.45, 2.75) is 0 Å². The van der Waals surface area contributed by atoms with Crippen molar-refractivity contribution in [1.29, 1.82) is 0 Å². The third-order valence-corrected chi connectivity index (χ3v) is 3.18. The molecule has 1 aliphatic rings. The van der Waals surface area contributed by atoms with E-state index >= 15 is 0 Å². The summed E-state index contributed by atoms with van der Waals surface area (Å²) in [5.41, 5.74) is 0.834. The molecule has 0 aromatic carbocycles. The molecule has 0 saturated carbocycles. The average Bonchev–Trinajstić information content (AvgIpc) is 2.56. The van der Waals surface area contributed by atoms with Gasteiger partial charge in [-0.05, 0) is 12.1 Å². The van der Waals surface area contributed by atoms with Gasteiger partial charge in [0.1, 0.15) is 5.82 Å². The van der Waals surface area contributed by atoms with Crippen LogP contribution in [0.3, 0.4) is 0 Å². The van der Waals surface area contributed by atoms with Gasteiger partial charge in [-0.15, -0.1) is 0 Å². The lowest BCUT2D eigenvalue weighted by Gasteiger charge is -2.27. The van der Waals surface area contributed by atoms with Gasteiger partial charge in [0.15, 0.2) is 0 Å². The summed E-state index contributed by atoms with van der Waals surface area (Å²) < 4.78 is 10.4. The zero-order valence-corrected chi connectivity index (χ0v) is 11.8. The van der Waals surface area contributed by atoms with E-state index in [9.17, 15) is 0 Å². The summed E-state index contributed by atoms with van der Waals surface area (Å²) in [5, 5.41) is 3.10. The molecule has 0 aliphatic carbocycles. The van der Waals surface area contributed by atoms with Crippen LogP contribution in [-0.4, -0.2) is 48.4 Å². The number of morpholine rings is 1. The molecule has 1 saturated heterocycles. The van der Waals surface area contributed by atoms with Crippen LogP contribution in [0, 0.1) is 0 Å². The molecule has 0 atom stereocenters. The fourth-order valence-electron chi connectivity index (χ4n) is 2.08. The maximum atomic E-state index is 5.34. The van der Waals surface area contributed by atoms with Crippen LogP contribution in [-0.2, 0) is 4.74 Å². The summed E-state index contributed by atoms with van der Waals surface area (Å²) in [7, 11) is 1.57. The minimum absolute atomic E-state index is 0.482. The molecule has 21 heavy (non-hydrogen) atoms. The number of pyridine rings is 1. The minimum atomic E-state index is 0.482. The SMILES string of the molecule is COc1ccnc(Nc2ccc(N3CCOCC3)nc2)n1. The summed E-state index contributed by atoms with van der Waals surface area (Å²) in [4.78, 5) is 15.0. The summed E-state index contributed by atoms with van der Waals surface area (Å²) in [6.07, 6.45) is 3.41. The predicted octanol–water partition coefficient (Wildman–Crippen LogP) is 1.46. The van der Waals surface area contributed by atoms with E-state index in [1.165, 1.54) is 0 Å². The summed E-state index contributed by atoms with van der Waals surface area (Å²) in [6.45, 7) is 3.25. The molecule has 1 aliphatic heterocycles. The molecule has 7 nitrogen and oxygen atoms in total. The number of nitrogens with one attached hydrogen (secondary N) is 1. The molecule has 0 bridgehead atoms. The summed E-state index contributed by atoms with van der Waals surface area (Å²) >= 11 is 0. The fourth-order valence-corrected chi connectivity index (χ4v) is 2.08. The Hall–Kier alpha value is -2.41. The van der Waals surface area contributed by atoms with Crippen molar-refractivity contribution in [3.8, 4) is 5.88 Å².